The minimum Gasteiger partial charge on any atom is -0.383 e. The summed E-state index contributed by atoms with van der Waals surface area (Å²) in [6, 6.07) is 10.7. The second kappa shape index (κ2) is 8.95. The van der Waals surface area contributed by atoms with Crippen LogP contribution in [0.2, 0.25) is 0 Å². The number of ether oxygens (including phenoxy) is 1. The first-order valence-corrected chi connectivity index (χ1v) is 9.49. The fraction of sp³-hybridized carbons (Fsp3) is 0.318. The van der Waals surface area contributed by atoms with Gasteiger partial charge in [0.1, 0.15) is 0 Å². The first-order chi connectivity index (χ1) is 14.3. The Bertz CT molecular complexity index is 1030. The third-order valence-electron chi connectivity index (χ3n) is 4.83. The van der Waals surface area contributed by atoms with E-state index < -0.39 is 17.4 Å². The second-order valence-electron chi connectivity index (χ2n) is 7.04. The Kier molecular flexibility index (Phi) is 6.35. The van der Waals surface area contributed by atoms with Gasteiger partial charge in [-0.2, -0.15) is 0 Å². The van der Waals surface area contributed by atoms with Crippen LogP contribution in [0, 0.1) is 11.8 Å². The zero-order chi connectivity index (χ0) is 21.7. The summed E-state index contributed by atoms with van der Waals surface area (Å²) in [5, 5.41) is 13.5. The van der Waals surface area contributed by atoms with Crippen LogP contribution >= 0.6 is 0 Å². The number of likely N-dealkylation sites (N-methyl/N-ethyl adjacent to an activating group) is 1. The maximum Gasteiger partial charge on any atom is 0.269 e. The van der Waals surface area contributed by atoms with E-state index >= 15 is 0 Å². The molecule has 2 aromatic rings. The van der Waals surface area contributed by atoms with Gasteiger partial charge >= 0.3 is 0 Å². The first kappa shape index (κ1) is 21.3. The Morgan fingerprint density at radius 2 is 2.20 bits per heavy atom. The molecule has 0 radical (unpaired) electrons. The number of carbonyl (C=O) groups is 2. The van der Waals surface area contributed by atoms with Crippen LogP contribution < -0.4 is 11.1 Å². The molecule has 1 aliphatic heterocycles. The fourth-order valence-corrected chi connectivity index (χ4v) is 3.14. The number of nitrogens with two attached hydrogens (primary N) is 1. The lowest BCUT2D eigenvalue weighted by atomic mass is 10.0. The highest BCUT2D eigenvalue weighted by atomic mass is 16.5. The number of nitrogens with one attached hydrogen (secondary N) is 1. The quantitative estimate of drug-likeness (QED) is 0.482. The van der Waals surface area contributed by atoms with Crippen molar-refractivity contribution in [1.29, 1.82) is 0 Å². The van der Waals surface area contributed by atoms with E-state index in [1.807, 2.05) is 6.07 Å². The minimum absolute atomic E-state index is 0.133. The summed E-state index contributed by atoms with van der Waals surface area (Å²) in [5.41, 5.74) is 6.41. The molecule has 1 saturated heterocycles. The number of methoxy groups -OCH3 is 1. The summed E-state index contributed by atoms with van der Waals surface area (Å²) in [4.78, 5) is 29.8. The number of likely N-dealkylation sites (tertiary alicyclic amines) is 1. The molecule has 0 aliphatic carbocycles. The van der Waals surface area contributed by atoms with Crippen molar-refractivity contribution in [3.05, 3.63) is 47.7 Å². The topological polar surface area (TPSA) is 118 Å². The molecule has 0 unspecified atom stereocenters. The van der Waals surface area contributed by atoms with Gasteiger partial charge in [-0.1, -0.05) is 24.0 Å². The van der Waals surface area contributed by atoms with Crippen molar-refractivity contribution in [3.8, 4) is 23.1 Å². The highest BCUT2D eigenvalue weighted by Gasteiger charge is 2.42. The molecule has 1 aromatic carbocycles. The zero-order valence-corrected chi connectivity index (χ0v) is 16.9. The molecule has 156 valence electrons. The number of aliphatic hydroxyl groups is 1. The predicted octanol–water partition coefficient (Wildman–Crippen LogP) is 0.851. The van der Waals surface area contributed by atoms with E-state index in [0.717, 1.165) is 5.56 Å². The van der Waals surface area contributed by atoms with Gasteiger partial charge in [0.2, 0.25) is 5.60 Å². The molecule has 1 aliphatic rings. The zero-order valence-electron chi connectivity index (χ0n) is 16.9. The van der Waals surface area contributed by atoms with Crippen LogP contribution in [0.25, 0.3) is 11.3 Å². The van der Waals surface area contributed by atoms with Crippen LogP contribution in [0.3, 0.4) is 0 Å². The van der Waals surface area contributed by atoms with Crippen molar-refractivity contribution in [3.63, 3.8) is 0 Å². The van der Waals surface area contributed by atoms with E-state index in [0.29, 0.717) is 36.6 Å². The average Bonchev–Trinajstić information content (AvgIpc) is 3.00. The molecule has 8 nitrogen and oxygen atoms in total. The van der Waals surface area contributed by atoms with Crippen molar-refractivity contribution in [2.75, 3.05) is 39.2 Å². The highest BCUT2D eigenvalue weighted by Crippen LogP contribution is 2.24. The molecule has 2 amide bonds. The van der Waals surface area contributed by atoms with Gasteiger partial charge in [0.25, 0.3) is 11.8 Å². The number of amides is 2. The molecular weight excluding hydrogens is 384 g/mol. The summed E-state index contributed by atoms with van der Waals surface area (Å²) in [5.74, 6) is 4.54. The Morgan fingerprint density at radius 1 is 1.40 bits per heavy atom. The lowest BCUT2D eigenvalue weighted by molar-refractivity contribution is -0.137. The number of anilines is 1. The standard InChI is InChI=1S/C22H24N4O4/c1-26-12-10-22(29,21(26)28)9-8-15-4-3-5-16(14-15)17-6-7-18(24-11-13-30-2)19(25-17)20(23)27/h3-7,14,24,29H,10-13H2,1-2H3,(H2,23,27)/t22-/m0/s1. The summed E-state index contributed by atoms with van der Waals surface area (Å²) >= 11 is 0. The lowest BCUT2D eigenvalue weighted by Crippen LogP contribution is -2.37. The number of rotatable bonds is 6. The molecule has 1 atom stereocenters. The Morgan fingerprint density at radius 3 is 2.87 bits per heavy atom. The molecule has 0 saturated carbocycles. The van der Waals surface area contributed by atoms with Crippen molar-refractivity contribution >= 4 is 17.5 Å². The van der Waals surface area contributed by atoms with Crippen molar-refractivity contribution in [1.82, 2.24) is 9.88 Å². The Balaban J connectivity index is 1.87. The van der Waals surface area contributed by atoms with Gasteiger partial charge in [-0.05, 0) is 24.3 Å². The van der Waals surface area contributed by atoms with E-state index in [4.69, 9.17) is 10.5 Å². The number of aromatic nitrogens is 1. The average molecular weight is 408 g/mol. The van der Waals surface area contributed by atoms with E-state index in [2.05, 4.69) is 22.1 Å². The summed E-state index contributed by atoms with van der Waals surface area (Å²) in [6.45, 7) is 1.46. The Hall–Kier alpha value is -3.41. The van der Waals surface area contributed by atoms with Crippen LogP contribution in [-0.2, 0) is 9.53 Å². The SMILES string of the molecule is COCCNc1ccc(-c2cccc(C#C[C@]3(O)CCN(C)C3=O)c2)nc1C(N)=O. The number of pyridine rings is 1. The van der Waals surface area contributed by atoms with Crippen LogP contribution in [0.1, 0.15) is 22.5 Å². The largest absolute Gasteiger partial charge is 0.383 e. The third kappa shape index (κ3) is 4.59. The minimum atomic E-state index is -1.66. The fourth-order valence-electron chi connectivity index (χ4n) is 3.14. The number of hydrogen-bond acceptors (Lipinski definition) is 6. The van der Waals surface area contributed by atoms with Crippen LogP contribution in [-0.4, -0.2) is 66.3 Å². The van der Waals surface area contributed by atoms with Crippen LogP contribution in [0.4, 0.5) is 5.69 Å². The molecule has 3 rings (SSSR count). The molecule has 4 N–H and O–H groups in total. The molecule has 1 aromatic heterocycles. The number of primary amides is 1. The first-order valence-electron chi connectivity index (χ1n) is 9.49. The van der Waals surface area contributed by atoms with E-state index in [-0.39, 0.29) is 12.1 Å². The molecule has 0 spiro atoms. The van der Waals surface area contributed by atoms with Crippen molar-refractivity contribution in [2.45, 2.75) is 12.0 Å². The molecule has 8 heteroatoms. The van der Waals surface area contributed by atoms with E-state index in [1.165, 1.54) is 4.90 Å². The summed E-state index contributed by atoms with van der Waals surface area (Å²) < 4.78 is 5.00. The van der Waals surface area contributed by atoms with Crippen LogP contribution in [0.15, 0.2) is 36.4 Å². The monoisotopic (exact) mass is 408 g/mol. The smallest absolute Gasteiger partial charge is 0.269 e. The molecule has 0 bridgehead atoms. The van der Waals surface area contributed by atoms with Crippen LogP contribution in [0.5, 0.6) is 0 Å². The summed E-state index contributed by atoms with van der Waals surface area (Å²) in [6.07, 6.45) is 0.274. The van der Waals surface area contributed by atoms with Crippen molar-refractivity contribution < 1.29 is 19.4 Å². The normalized spacial score (nSPS) is 18.1. The number of nitrogens with zero attached hydrogens (tertiary/aromatic N) is 2. The third-order valence-corrected chi connectivity index (χ3v) is 4.83. The number of carbonyl (C=O) groups excluding carboxylic acids is 2. The lowest BCUT2D eigenvalue weighted by Gasteiger charge is -2.13. The maximum atomic E-state index is 12.1. The molecule has 30 heavy (non-hydrogen) atoms. The second-order valence-corrected chi connectivity index (χ2v) is 7.04. The summed E-state index contributed by atoms with van der Waals surface area (Å²) in [7, 11) is 3.23. The van der Waals surface area contributed by atoms with Crippen molar-refractivity contribution in [2.24, 2.45) is 5.73 Å². The maximum absolute atomic E-state index is 12.1. The van der Waals surface area contributed by atoms with Gasteiger partial charge in [0, 0.05) is 44.8 Å². The van der Waals surface area contributed by atoms with E-state index in [9.17, 15) is 14.7 Å². The highest BCUT2D eigenvalue weighted by molar-refractivity contribution is 5.97. The molecule has 1 fully saturated rings. The number of benzene rings is 1. The number of hydrogen-bond donors (Lipinski definition) is 3. The van der Waals surface area contributed by atoms with Gasteiger partial charge in [0.05, 0.1) is 18.0 Å². The van der Waals surface area contributed by atoms with Gasteiger partial charge in [-0.15, -0.1) is 0 Å². The van der Waals surface area contributed by atoms with Gasteiger partial charge in [-0.3, -0.25) is 9.59 Å². The van der Waals surface area contributed by atoms with Gasteiger partial charge < -0.3 is 25.8 Å². The van der Waals surface area contributed by atoms with Gasteiger partial charge in [-0.25, -0.2) is 4.98 Å². The van der Waals surface area contributed by atoms with Gasteiger partial charge in [0.15, 0.2) is 5.69 Å². The Labute approximate surface area is 175 Å². The predicted molar refractivity (Wildman–Crippen MR) is 113 cm³/mol. The molecular formula is C22H24N4O4. The van der Waals surface area contributed by atoms with E-state index in [1.54, 1.807) is 44.5 Å². The molecule has 2 heterocycles.